The summed E-state index contributed by atoms with van der Waals surface area (Å²) >= 11 is 0. The summed E-state index contributed by atoms with van der Waals surface area (Å²) in [5, 5.41) is 3.03. The summed E-state index contributed by atoms with van der Waals surface area (Å²) in [5.41, 5.74) is 0. The second-order valence-electron chi connectivity index (χ2n) is 7.70. The molecule has 0 atom stereocenters. The van der Waals surface area contributed by atoms with Crippen molar-refractivity contribution in [1.82, 2.24) is 5.32 Å². The number of hydrogen-bond acceptors (Lipinski definition) is 5. The Morgan fingerprint density at radius 3 is 1.67 bits per heavy atom. The molecule has 0 spiro atoms. The fraction of sp³-hybridized carbons (Fsp3) is 0.944. The number of hydrogen-bond donors (Lipinski definition) is 1. The molecule has 0 radical (unpaired) electrons. The summed E-state index contributed by atoms with van der Waals surface area (Å²) in [6, 6.07) is 0. The van der Waals surface area contributed by atoms with Gasteiger partial charge in [-0.3, -0.25) is 13.2 Å². The van der Waals surface area contributed by atoms with Crippen molar-refractivity contribution in [2.24, 2.45) is 0 Å². The third kappa shape index (κ3) is 42.1. The minimum absolute atomic E-state index is 0. The van der Waals surface area contributed by atoms with Crippen molar-refractivity contribution < 1.29 is 78.2 Å². The topological polar surface area (TPSA) is 109 Å². The number of unbranched alkanes of at least 4 members (excludes halogenated alkanes) is 8. The van der Waals surface area contributed by atoms with E-state index in [1.807, 2.05) is 0 Å². The van der Waals surface area contributed by atoms with Crippen LogP contribution in [0.4, 0.5) is 0 Å². The Labute approximate surface area is 209 Å². The molecule has 0 aromatic rings. The molecule has 0 fully saturated rings. The van der Waals surface area contributed by atoms with E-state index in [4.69, 9.17) is 17.5 Å². The van der Waals surface area contributed by atoms with Crippen LogP contribution in [-0.2, 0) is 15.2 Å². The van der Waals surface area contributed by atoms with Crippen molar-refractivity contribution in [1.29, 1.82) is 0 Å². The van der Waals surface area contributed by atoms with Gasteiger partial charge in [0.15, 0.2) is 0 Å². The van der Waals surface area contributed by atoms with Gasteiger partial charge in [-0.25, -0.2) is 0 Å². The van der Waals surface area contributed by atoms with Crippen molar-refractivity contribution in [3.8, 4) is 0 Å². The summed E-state index contributed by atoms with van der Waals surface area (Å²) in [5.74, 6) is 0.236. The van der Waals surface area contributed by atoms with E-state index in [1.54, 1.807) is 0 Å². The molecule has 0 saturated heterocycles. The predicted octanol–water partition coefficient (Wildman–Crippen LogP) is -0.214. The van der Waals surface area contributed by atoms with Gasteiger partial charge in [-0.1, -0.05) is 58.3 Å². The Hall–Kier alpha value is 0.936. The molecule has 0 unspecified atom stereocenters. The molecule has 7 nitrogen and oxygen atoms in total. The van der Waals surface area contributed by atoms with Gasteiger partial charge in [0.2, 0.25) is 5.91 Å². The monoisotopic (exact) mass is 434 g/mol. The van der Waals surface area contributed by atoms with E-state index in [0.717, 1.165) is 30.4 Å². The zero-order chi connectivity index (χ0) is 20.5. The first-order valence-corrected chi connectivity index (χ1v) is 11.0. The third-order valence-corrected chi connectivity index (χ3v) is 3.84. The van der Waals surface area contributed by atoms with Crippen molar-refractivity contribution in [3.05, 3.63) is 0 Å². The van der Waals surface area contributed by atoms with Gasteiger partial charge in [0.05, 0.1) is 27.7 Å². The first-order chi connectivity index (χ1) is 12.0. The summed E-state index contributed by atoms with van der Waals surface area (Å²) in [6.45, 7) is 4.19. The number of amides is 1. The van der Waals surface area contributed by atoms with Gasteiger partial charge in [-0.2, -0.15) is 0 Å². The molecule has 1 N–H and O–H groups in total. The van der Waals surface area contributed by atoms with Crippen LogP contribution in [-0.4, -0.2) is 62.1 Å². The predicted molar refractivity (Wildman–Crippen MR) is 103 cm³/mol. The number of nitrogens with one attached hydrogen (secondary N) is 1. The average molecular weight is 435 g/mol. The van der Waals surface area contributed by atoms with E-state index in [9.17, 15) is 4.79 Å². The zero-order valence-corrected chi connectivity index (χ0v) is 22.0. The van der Waals surface area contributed by atoms with Crippen molar-refractivity contribution in [2.45, 2.75) is 77.6 Å². The molecular formula is C18H39KN2O5S. The molecule has 158 valence electrons. The molecule has 0 aromatic carbocycles. The van der Waals surface area contributed by atoms with Crippen LogP contribution in [0.25, 0.3) is 0 Å². The number of carbonyl (C=O) groups excluding carboxylic acids is 1. The Morgan fingerprint density at radius 1 is 0.852 bits per heavy atom. The Morgan fingerprint density at radius 2 is 1.26 bits per heavy atom. The number of quaternary nitrogens is 1. The van der Waals surface area contributed by atoms with Gasteiger partial charge in [0, 0.05) is 29.8 Å². The van der Waals surface area contributed by atoms with E-state index in [0.29, 0.717) is 6.42 Å². The average Bonchev–Trinajstić information content (AvgIpc) is 2.47. The van der Waals surface area contributed by atoms with Gasteiger partial charge >= 0.3 is 51.4 Å². The van der Waals surface area contributed by atoms with E-state index < -0.39 is 10.4 Å². The van der Waals surface area contributed by atoms with Crippen LogP contribution in [0.2, 0.25) is 0 Å². The standard InChI is InChI=1S/C18H38N2O.K.H2O4S/c1-5-6-7-8-9-10-11-12-13-15-18(21)19-16-14-17-20(2,3)4;;1-5(2,3)4/h5-17H2,1-4H3;;(H2,1,2,3,4)/q;+1;/p-1. The van der Waals surface area contributed by atoms with E-state index in [-0.39, 0.29) is 57.3 Å². The van der Waals surface area contributed by atoms with Gasteiger partial charge in [0.1, 0.15) is 0 Å². The smallest absolute Gasteiger partial charge is 0.759 e. The van der Waals surface area contributed by atoms with E-state index in [1.165, 1.54) is 51.4 Å². The van der Waals surface area contributed by atoms with Gasteiger partial charge in [-0.15, -0.1) is 0 Å². The SMILES string of the molecule is CCCCCCCCCCCC(=O)NCCC[N+](C)(C)C.O=S(=O)([O-])[O-].[K+]. The summed E-state index contributed by atoms with van der Waals surface area (Å²) < 4.78 is 35.0. The quantitative estimate of drug-likeness (QED) is 0.134. The zero-order valence-electron chi connectivity index (χ0n) is 18.1. The normalized spacial score (nSPS) is 11.2. The summed E-state index contributed by atoms with van der Waals surface area (Å²) in [6.07, 6.45) is 13.5. The molecule has 27 heavy (non-hydrogen) atoms. The van der Waals surface area contributed by atoms with Crippen LogP contribution >= 0.6 is 0 Å². The summed E-state index contributed by atoms with van der Waals surface area (Å²) in [7, 11) is 1.39. The van der Waals surface area contributed by atoms with Crippen LogP contribution < -0.4 is 56.7 Å². The molecule has 0 aliphatic heterocycles. The molecule has 0 aliphatic carbocycles. The molecule has 0 bridgehead atoms. The number of rotatable bonds is 14. The van der Waals surface area contributed by atoms with Gasteiger partial charge < -0.3 is 18.9 Å². The number of nitrogens with zero attached hydrogens (tertiary/aromatic N) is 1. The molecule has 9 heteroatoms. The molecule has 0 saturated carbocycles. The maximum absolute atomic E-state index is 11.7. The first-order valence-electron chi connectivity index (χ1n) is 9.69. The van der Waals surface area contributed by atoms with Gasteiger partial charge in [0.25, 0.3) is 0 Å². The molecule has 0 rings (SSSR count). The molecule has 1 amide bonds. The second kappa shape index (κ2) is 20.2. The minimum Gasteiger partial charge on any atom is -0.759 e. The van der Waals surface area contributed by atoms with Gasteiger partial charge in [-0.05, 0) is 6.42 Å². The molecule has 0 heterocycles. The summed E-state index contributed by atoms with van der Waals surface area (Å²) in [4.78, 5) is 11.7. The maximum Gasteiger partial charge on any atom is 1.00 e. The Balaban J connectivity index is -0.000000844. The first kappa shape index (κ1) is 32.6. The van der Waals surface area contributed by atoms with E-state index in [2.05, 4.69) is 33.4 Å². The molecular weight excluding hydrogens is 395 g/mol. The Bertz CT molecular complexity index is 432. The molecule has 0 aliphatic rings. The van der Waals surface area contributed by atoms with Crippen molar-refractivity contribution in [2.75, 3.05) is 34.2 Å². The fourth-order valence-corrected chi connectivity index (χ4v) is 2.47. The van der Waals surface area contributed by atoms with Crippen molar-refractivity contribution >= 4 is 16.3 Å². The maximum atomic E-state index is 11.7. The minimum atomic E-state index is -5.17. The van der Waals surface area contributed by atoms with Crippen LogP contribution in [0.5, 0.6) is 0 Å². The third-order valence-electron chi connectivity index (χ3n) is 3.84. The van der Waals surface area contributed by atoms with E-state index >= 15 is 0 Å². The Kier molecular flexibility index (Phi) is 24.4. The van der Waals surface area contributed by atoms with Crippen molar-refractivity contribution in [3.63, 3.8) is 0 Å². The second-order valence-corrected chi connectivity index (χ2v) is 8.52. The van der Waals surface area contributed by atoms with Crippen LogP contribution in [0.1, 0.15) is 77.6 Å². The van der Waals surface area contributed by atoms with Crippen LogP contribution in [0.3, 0.4) is 0 Å². The number of carbonyl (C=O) groups is 1. The fourth-order valence-electron chi connectivity index (χ4n) is 2.47. The van der Waals surface area contributed by atoms with Crippen LogP contribution in [0.15, 0.2) is 0 Å². The van der Waals surface area contributed by atoms with Crippen LogP contribution in [0, 0.1) is 0 Å². The largest absolute Gasteiger partial charge is 1.00 e. The molecule has 0 aromatic heterocycles.